The van der Waals surface area contributed by atoms with E-state index in [1.54, 1.807) is 30.3 Å². The predicted octanol–water partition coefficient (Wildman–Crippen LogP) is 2.61. The van der Waals surface area contributed by atoms with Crippen LogP contribution in [0.4, 0.5) is 0 Å². The maximum Gasteiger partial charge on any atom is 0.328 e. The standard InChI is InChI=1S/C18H16Cl2N2O4/c1-26-18(25)14(9-10-5-7-11(8-6-10)16(21)23)22-17(24)15-12(19)3-2-4-13(15)20/h2-8,14H,9H2,1H3,(H2,21,23)(H,22,24)/t14-/m0/s1. The highest BCUT2D eigenvalue weighted by Gasteiger charge is 2.25. The number of rotatable bonds is 6. The largest absolute Gasteiger partial charge is 0.467 e. The molecule has 8 heteroatoms. The van der Waals surface area contributed by atoms with Gasteiger partial charge in [-0.25, -0.2) is 4.79 Å². The molecule has 26 heavy (non-hydrogen) atoms. The number of methoxy groups -OCH3 is 1. The third-order valence-electron chi connectivity index (χ3n) is 3.66. The van der Waals surface area contributed by atoms with Crippen LogP contribution in [0.5, 0.6) is 0 Å². The van der Waals surface area contributed by atoms with E-state index in [9.17, 15) is 14.4 Å². The summed E-state index contributed by atoms with van der Waals surface area (Å²) in [4.78, 5) is 35.7. The van der Waals surface area contributed by atoms with E-state index >= 15 is 0 Å². The molecule has 3 N–H and O–H groups in total. The van der Waals surface area contributed by atoms with Crippen molar-refractivity contribution in [3.63, 3.8) is 0 Å². The van der Waals surface area contributed by atoms with Gasteiger partial charge in [-0.1, -0.05) is 41.4 Å². The number of nitrogens with one attached hydrogen (secondary N) is 1. The Kier molecular flexibility index (Phi) is 6.60. The number of ether oxygens (including phenoxy) is 1. The van der Waals surface area contributed by atoms with Gasteiger partial charge in [0.15, 0.2) is 0 Å². The molecule has 6 nitrogen and oxygen atoms in total. The van der Waals surface area contributed by atoms with Crippen LogP contribution < -0.4 is 11.1 Å². The summed E-state index contributed by atoms with van der Waals surface area (Å²) < 4.78 is 4.75. The molecular weight excluding hydrogens is 379 g/mol. The first kappa shape index (κ1) is 19.8. The second-order valence-corrected chi connectivity index (χ2v) is 6.23. The molecule has 0 bridgehead atoms. The van der Waals surface area contributed by atoms with Crippen LogP contribution in [-0.2, 0) is 16.0 Å². The molecule has 2 amide bonds. The van der Waals surface area contributed by atoms with Crippen molar-refractivity contribution >= 4 is 41.0 Å². The molecular formula is C18H16Cl2N2O4. The van der Waals surface area contributed by atoms with E-state index < -0.39 is 23.8 Å². The minimum atomic E-state index is -0.959. The zero-order valence-electron chi connectivity index (χ0n) is 13.8. The average Bonchev–Trinajstić information content (AvgIpc) is 2.60. The number of nitrogens with two attached hydrogens (primary N) is 1. The molecule has 0 heterocycles. The Labute approximate surface area is 160 Å². The zero-order chi connectivity index (χ0) is 19.3. The first-order valence-corrected chi connectivity index (χ1v) is 8.30. The van der Waals surface area contributed by atoms with Gasteiger partial charge in [0.1, 0.15) is 6.04 Å². The van der Waals surface area contributed by atoms with E-state index in [2.05, 4.69) is 5.32 Å². The van der Waals surface area contributed by atoms with Crippen molar-refractivity contribution in [2.75, 3.05) is 7.11 Å². The molecule has 0 spiro atoms. The molecule has 0 fully saturated rings. The van der Waals surface area contributed by atoms with Crippen LogP contribution in [0.1, 0.15) is 26.3 Å². The van der Waals surface area contributed by atoms with E-state index in [-0.39, 0.29) is 22.0 Å². The summed E-state index contributed by atoms with van der Waals surface area (Å²) in [5, 5.41) is 2.92. The van der Waals surface area contributed by atoms with E-state index in [0.29, 0.717) is 11.1 Å². The Morgan fingerprint density at radius 1 is 1.08 bits per heavy atom. The molecule has 0 aliphatic carbocycles. The highest BCUT2D eigenvalue weighted by atomic mass is 35.5. The molecule has 2 aromatic carbocycles. The van der Waals surface area contributed by atoms with Crippen LogP contribution >= 0.6 is 23.2 Å². The first-order valence-electron chi connectivity index (χ1n) is 7.55. The van der Waals surface area contributed by atoms with Gasteiger partial charge < -0.3 is 15.8 Å². The molecule has 0 saturated heterocycles. The summed E-state index contributed by atoms with van der Waals surface area (Å²) in [7, 11) is 1.22. The third-order valence-corrected chi connectivity index (χ3v) is 4.29. The van der Waals surface area contributed by atoms with Gasteiger partial charge in [0.25, 0.3) is 5.91 Å². The normalized spacial score (nSPS) is 11.5. The van der Waals surface area contributed by atoms with Gasteiger partial charge >= 0.3 is 5.97 Å². The van der Waals surface area contributed by atoms with Gasteiger partial charge in [0.2, 0.25) is 5.91 Å². The minimum absolute atomic E-state index is 0.0776. The highest BCUT2D eigenvalue weighted by Crippen LogP contribution is 2.24. The SMILES string of the molecule is COC(=O)[C@H](Cc1ccc(C(N)=O)cc1)NC(=O)c1c(Cl)cccc1Cl. The van der Waals surface area contributed by atoms with Crippen LogP contribution in [-0.4, -0.2) is 30.9 Å². The lowest BCUT2D eigenvalue weighted by Crippen LogP contribution is -2.43. The summed E-state index contributed by atoms with van der Waals surface area (Å²) >= 11 is 12.0. The highest BCUT2D eigenvalue weighted by molar-refractivity contribution is 6.39. The second-order valence-electron chi connectivity index (χ2n) is 5.41. The van der Waals surface area contributed by atoms with E-state index in [1.807, 2.05) is 0 Å². The van der Waals surface area contributed by atoms with Crippen LogP contribution in [0.15, 0.2) is 42.5 Å². The zero-order valence-corrected chi connectivity index (χ0v) is 15.3. The number of hydrogen-bond acceptors (Lipinski definition) is 4. The first-order chi connectivity index (χ1) is 12.3. The van der Waals surface area contributed by atoms with Gasteiger partial charge in [-0.15, -0.1) is 0 Å². The Morgan fingerprint density at radius 2 is 1.65 bits per heavy atom. The van der Waals surface area contributed by atoms with Crippen LogP contribution in [0.25, 0.3) is 0 Å². The fourth-order valence-corrected chi connectivity index (χ4v) is 2.89. The number of carbonyl (C=O) groups excluding carboxylic acids is 3. The topological polar surface area (TPSA) is 98.5 Å². The minimum Gasteiger partial charge on any atom is -0.467 e. The lowest BCUT2D eigenvalue weighted by molar-refractivity contribution is -0.142. The number of esters is 1. The van der Waals surface area contributed by atoms with Crippen molar-refractivity contribution in [2.24, 2.45) is 5.73 Å². The van der Waals surface area contributed by atoms with Gasteiger partial charge in [-0.3, -0.25) is 9.59 Å². The van der Waals surface area contributed by atoms with Gasteiger partial charge in [-0.2, -0.15) is 0 Å². The van der Waals surface area contributed by atoms with Gasteiger partial charge in [0, 0.05) is 12.0 Å². The van der Waals surface area contributed by atoms with Crippen molar-refractivity contribution in [2.45, 2.75) is 12.5 Å². The maximum absolute atomic E-state index is 12.5. The van der Waals surface area contributed by atoms with Crippen molar-refractivity contribution in [1.29, 1.82) is 0 Å². The number of halogens is 2. The number of benzene rings is 2. The third kappa shape index (κ3) is 4.74. The summed E-state index contributed by atoms with van der Waals surface area (Å²) in [6.45, 7) is 0. The number of amides is 2. The predicted molar refractivity (Wildman–Crippen MR) is 98.4 cm³/mol. The number of primary amides is 1. The molecule has 0 aliphatic heterocycles. The Bertz CT molecular complexity index is 817. The van der Waals surface area contributed by atoms with E-state index in [4.69, 9.17) is 33.7 Å². The molecule has 2 rings (SSSR count). The Balaban J connectivity index is 2.21. The van der Waals surface area contributed by atoms with E-state index in [0.717, 1.165) is 0 Å². The summed E-state index contributed by atoms with van der Waals surface area (Å²) in [5.74, 6) is -1.77. The Hall–Kier alpha value is -2.57. The summed E-state index contributed by atoms with van der Waals surface area (Å²) in [5.41, 5.74) is 6.32. The molecule has 2 aromatic rings. The van der Waals surface area contributed by atoms with Crippen LogP contribution in [0, 0.1) is 0 Å². The monoisotopic (exact) mass is 394 g/mol. The lowest BCUT2D eigenvalue weighted by atomic mass is 10.0. The summed E-state index contributed by atoms with van der Waals surface area (Å²) in [6.07, 6.45) is 0.152. The van der Waals surface area contributed by atoms with Gasteiger partial charge in [-0.05, 0) is 29.8 Å². The fraction of sp³-hybridized carbons (Fsp3) is 0.167. The molecule has 0 saturated carbocycles. The smallest absolute Gasteiger partial charge is 0.328 e. The molecule has 1 atom stereocenters. The van der Waals surface area contributed by atoms with Crippen molar-refractivity contribution < 1.29 is 19.1 Å². The maximum atomic E-state index is 12.5. The average molecular weight is 395 g/mol. The molecule has 0 aromatic heterocycles. The fourth-order valence-electron chi connectivity index (χ4n) is 2.32. The quantitative estimate of drug-likeness (QED) is 0.735. The van der Waals surface area contributed by atoms with Crippen molar-refractivity contribution in [1.82, 2.24) is 5.32 Å². The van der Waals surface area contributed by atoms with Crippen LogP contribution in [0.3, 0.4) is 0 Å². The molecule has 0 radical (unpaired) electrons. The van der Waals surface area contributed by atoms with Crippen LogP contribution in [0.2, 0.25) is 10.0 Å². The number of hydrogen-bond donors (Lipinski definition) is 2. The number of carbonyl (C=O) groups is 3. The Morgan fingerprint density at radius 3 is 2.15 bits per heavy atom. The molecule has 0 unspecified atom stereocenters. The molecule has 136 valence electrons. The second kappa shape index (κ2) is 8.69. The lowest BCUT2D eigenvalue weighted by Gasteiger charge is -2.17. The molecule has 0 aliphatic rings. The van der Waals surface area contributed by atoms with E-state index in [1.165, 1.54) is 19.2 Å². The summed E-state index contributed by atoms with van der Waals surface area (Å²) in [6, 6.07) is 10.1. The van der Waals surface area contributed by atoms with Crippen molar-refractivity contribution in [3.8, 4) is 0 Å². The van der Waals surface area contributed by atoms with Gasteiger partial charge in [0.05, 0.1) is 22.7 Å². The van der Waals surface area contributed by atoms with Crippen molar-refractivity contribution in [3.05, 3.63) is 69.2 Å².